The molecule has 4 rings (SSSR count). The van der Waals surface area contributed by atoms with E-state index in [4.69, 9.17) is 23.2 Å². The fourth-order valence-electron chi connectivity index (χ4n) is 4.87. The molecule has 0 spiro atoms. The van der Waals surface area contributed by atoms with Gasteiger partial charge in [-0.1, -0.05) is 36.0 Å². The van der Waals surface area contributed by atoms with E-state index < -0.39 is 5.82 Å². The van der Waals surface area contributed by atoms with Gasteiger partial charge >= 0.3 is 0 Å². The standard InChI is InChI=1S/C26H28Cl2FN3O3/c27-19-12-18(13-20(28)14-19)26(35)32-11-3-4-17(15-32)25(34)31-23-6-2-1-5-22(23)30-24(33)16-7-9-21(29)10-8-16/h7-10,12-14,17,22-23H,1-6,11,15H2,(H,30,33)(H,31,34)/t17?,22-,23?/m1/s1. The smallest absolute Gasteiger partial charge is 0.253 e. The lowest BCUT2D eigenvalue weighted by atomic mass is 9.88. The third-order valence-corrected chi connectivity index (χ3v) is 7.14. The van der Waals surface area contributed by atoms with E-state index in [1.165, 1.54) is 24.3 Å². The fraction of sp³-hybridized carbons (Fsp3) is 0.423. The van der Waals surface area contributed by atoms with Gasteiger partial charge in [0, 0.05) is 46.3 Å². The maximum atomic E-state index is 13.2. The van der Waals surface area contributed by atoms with Gasteiger partial charge in [-0.25, -0.2) is 4.39 Å². The highest BCUT2D eigenvalue weighted by Crippen LogP contribution is 2.25. The van der Waals surface area contributed by atoms with Gasteiger partial charge in [0.1, 0.15) is 5.82 Å². The molecule has 35 heavy (non-hydrogen) atoms. The summed E-state index contributed by atoms with van der Waals surface area (Å²) >= 11 is 12.1. The average molecular weight is 520 g/mol. The molecule has 1 aliphatic heterocycles. The molecule has 9 heteroatoms. The molecule has 2 unspecified atom stereocenters. The van der Waals surface area contributed by atoms with Gasteiger partial charge in [0.15, 0.2) is 0 Å². The molecule has 2 aliphatic rings. The van der Waals surface area contributed by atoms with Crippen molar-refractivity contribution >= 4 is 40.9 Å². The molecule has 6 nitrogen and oxygen atoms in total. The van der Waals surface area contributed by atoms with Crippen LogP contribution in [0.25, 0.3) is 0 Å². The van der Waals surface area contributed by atoms with Crippen LogP contribution in [0.15, 0.2) is 42.5 Å². The first-order valence-corrected chi connectivity index (χ1v) is 12.7. The van der Waals surface area contributed by atoms with Crippen molar-refractivity contribution in [2.75, 3.05) is 13.1 Å². The van der Waals surface area contributed by atoms with Crippen LogP contribution in [-0.2, 0) is 4.79 Å². The lowest BCUT2D eigenvalue weighted by Gasteiger charge is -2.36. The summed E-state index contributed by atoms with van der Waals surface area (Å²) in [6.07, 6.45) is 4.82. The van der Waals surface area contributed by atoms with Gasteiger partial charge in [0.25, 0.3) is 11.8 Å². The molecule has 2 fully saturated rings. The highest BCUT2D eigenvalue weighted by atomic mass is 35.5. The van der Waals surface area contributed by atoms with E-state index in [1.807, 2.05) is 0 Å². The summed E-state index contributed by atoms with van der Waals surface area (Å²) in [7, 11) is 0. The van der Waals surface area contributed by atoms with E-state index in [9.17, 15) is 18.8 Å². The van der Waals surface area contributed by atoms with Crippen LogP contribution < -0.4 is 10.6 Å². The molecule has 0 radical (unpaired) electrons. The van der Waals surface area contributed by atoms with Crippen molar-refractivity contribution in [3.8, 4) is 0 Å². The van der Waals surface area contributed by atoms with Gasteiger partial charge in [0.05, 0.1) is 5.92 Å². The van der Waals surface area contributed by atoms with E-state index in [0.29, 0.717) is 47.1 Å². The monoisotopic (exact) mass is 519 g/mol. The second-order valence-corrected chi connectivity index (χ2v) is 10.1. The van der Waals surface area contributed by atoms with Crippen molar-refractivity contribution in [2.24, 2.45) is 5.92 Å². The van der Waals surface area contributed by atoms with E-state index in [-0.39, 0.29) is 35.7 Å². The van der Waals surface area contributed by atoms with Crippen LogP contribution in [0, 0.1) is 11.7 Å². The number of nitrogens with zero attached hydrogens (tertiary/aromatic N) is 1. The van der Waals surface area contributed by atoms with Crippen molar-refractivity contribution in [2.45, 2.75) is 50.6 Å². The molecule has 1 saturated carbocycles. The Morgan fingerprint density at radius 1 is 0.829 bits per heavy atom. The quantitative estimate of drug-likeness (QED) is 0.592. The summed E-state index contributed by atoms with van der Waals surface area (Å²) in [5.74, 6) is -1.33. The number of rotatable bonds is 5. The summed E-state index contributed by atoms with van der Waals surface area (Å²) in [6, 6.07) is 9.72. The van der Waals surface area contributed by atoms with Gasteiger partial charge in [-0.05, 0) is 68.1 Å². The van der Waals surface area contributed by atoms with Gasteiger partial charge in [-0.2, -0.15) is 0 Å². The minimum Gasteiger partial charge on any atom is -0.351 e. The fourth-order valence-corrected chi connectivity index (χ4v) is 5.39. The van der Waals surface area contributed by atoms with Crippen LogP contribution >= 0.6 is 23.2 Å². The number of hydrogen-bond acceptors (Lipinski definition) is 3. The third kappa shape index (κ3) is 6.53. The number of piperidine rings is 1. The second kappa shape index (κ2) is 11.4. The Morgan fingerprint density at radius 2 is 1.46 bits per heavy atom. The average Bonchev–Trinajstić information content (AvgIpc) is 2.84. The number of hydrogen-bond donors (Lipinski definition) is 2. The van der Waals surface area contributed by atoms with Crippen molar-refractivity contribution in [3.05, 3.63) is 69.5 Å². The molecular weight excluding hydrogens is 492 g/mol. The minimum atomic E-state index is -0.400. The number of carbonyl (C=O) groups is 3. The molecule has 2 aromatic carbocycles. The summed E-state index contributed by atoms with van der Waals surface area (Å²) < 4.78 is 13.2. The summed E-state index contributed by atoms with van der Waals surface area (Å²) in [5, 5.41) is 6.91. The van der Waals surface area contributed by atoms with E-state index in [2.05, 4.69) is 10.6 Å². The van der Waals surface area contributed by atoms with Crippen molar-refractivity contribution in [3.63, 3.8) is 0 Å². The van der Waals surface area contributed by atoms with Crippen molar-refractivity contribution in [1.29, 1.82) is 0 Å². The predicted octanol–water partition coefficient (Wildman–Crippen LogP) is 4.84. The summed E-state index contributed by atoms with van der Waals surface area (Å²) in [4.78, 5) is 40.5. The molecule has 0 aromatic heterocycles. The highest BCUT2D eigenvalue weighted by molar-refractivity contribution is 6.35. The van der Waals surface area contributed by atoms with Crippen LogP contribution in [0.4, 0.5) is 4.39 Å². The largest absolute Gasteiger partial charge is 0.351 e. The highest BCUT2D eigenvalue weighted by Gasteiger charge is 2.33. The lowest BCUT2D eigenvalue weighted by Crippen LogP contribution is -2.55. The molecule has 2 N–H and O–H groups in total. The molecule has 0 bridgehead atoms. The Bertz CT molecular complexity index is 1080. The first-order valence-electron chi connectivity index (χ1n) is 11.9. The Hall–Kier alpha value is -2.64. The number of halogens is 3. The molecule has 1 aliphatic carbocycles. The normalized spacial score (nSPS) is 22.4. The zero-order valence-corrected chi connectivity index (χ0v) is 20.7. The van der Waals surface area contributed by atoms with Gasteiger partial charge in [0.2, 0.25) is 5.91 Å². The van der Waals surface area contributed by atoms with Crippen LogP contribution in [0.3, 0.4) is 0 Å². The van der Waals surface area contributed by atoms with Crippen molar-refractivity contribution in [1.82, 2.24) is 15.5 Å². The molecular formula is C26H28Cl2FN3O3. The minimum absolute atomic E-state index is 0.112. The van der Waals surface area contributed by atoms with Crippen LogP contribution in [0.2, 0.25) is 10.0 Å². The van der Waals surface area contributed by atoms with Crippen LogP contribution in [-0.4, -0.2) is 47.8 Å². The molecule has 3 amide bonds. The number of nitrogens with one attached hydrogen (secondary N) is 2. The van der Waals surface area contributed by atoms with Crippen LogP contribution in [0.5, 0.6) is 0 Å². The molecule has 1 saturated heterocycles. The van der Waals surface area contributed by atoms with Gasteiger partial charge in [-0.15, -0.1) is 0 Å². The molecule has 186 valence electrons. The van der Waals surface area contributed by atoms with E-state index >= 15 is 0 Å². The van der Waals surface area contributed by atoms with E-state index in [1.54, 1.807) is 23.1 Å². The number of amides is 3. The first-order chi connectivity index (χ1) is 16.8. The molecule has 1 heterocycles. The molecule has 2 aromatic rings. The maximum absolute atomic E-state index is 13.2. The zero-order valence-electron chi connectivity index (χ0n) is 19.2. The van der Waals surface area contributed by atoms with Gasteiger partial charge in [-0.3, -0.25) is 14.4 Å². The SMILES string of the molecule is O=C(N[C@@H]1CCCCC1NC(=O)C1CCCN(C(=O)c2cc(Cl)cc(Cl)c2)C1)c1ccc(F)cc1. The zero-order chi connectivity index (χ0) is 24.9. The lowest BCUT2D eigenvalue weighted by molar-refractivity contribution is -0.127. The number of carbonyl (C=O) groups excluding carboxylic acids is 3. The first kappa shape index (κ1) is 25.5. The van der Waals surface area contributed by atoms with Gasteiger partial charge < -0.3 is 15.5 Å². The Labute approximate surface area is 214 Å². The summed E-state index contributed by atoms with van der Waals surface area (Å²) in [5.41, 5.74) is 0.781. The Morgan fingerprint density at radius 3 is 2.11 bits per heavy atom. The molecule has 3 atom stereocenters. The Balaban J connectivity index is 1.37. The van der Waals surface area contributed by atoms with Crippen molar-refractivity contribution < 1.29 is 18.8 Å². The second-order valence-electron chi connectivity index (χ2n) is 9.23. The number of benzene rings is 2. The maximum Gasteiger partial charge on any atom is 0.253 e. The predicted molar refractivity (Wildman–Crippen MR) is 133 cm³/mol. The van der Waals surface area contributed by atoms with E-state index in [0.717, 1.165) is 25.7 Å². The van der Waals surface area contributed by atoms with Crippen LogP contribution in [0.1, 0.15) is 59.2 Å². The third-order valence-electron chi connectivity index (χ3n) is 6.71. The Kier molecular flexibility index (Phi) is 8.29. The number of likely N-dealkylation sites (tertiary alicyclic amines) is 1. The summed E-state index contributed by atoms with van der Waals surface area (Å²) in [6.45, 7) is 0.876. The topological polar surface area (TPSA) is 78.5 Å².